The molecule has 2 saturated heterocycles. The largest absolute Gasteiger partial charge is 0.342 e. The number of amides is 1. The van der Waals surface area contributed by atoms with Crippen molar-refractivity contribution in [2.45, 2.75) is 19.3 Å². The lowest BCUT2D eigenvalue weighted by molar-refractivity contribution is -0.130. The average molecular weight is 265 g/mol. The molecule has 0 bridgehead atoms. The number of carbonyl (C=O) groups excluding carboxylic acids is 1. The van der Waals surface area contributed by atoms with E-state index in [1.54, 1.807) is 11.8 Å². The molecule has 0 atom stereocenters. The highest BCUT2D eigenvalue weighted by molar-refractivity contribution is 7.99. The predicted octanol–water partition coefficient (Wildman–Crippen LogP) is 1.37. The van der Waals surface area contributed by atoms with Gasteiger partial charge in [0.05, 0.1) is 5.75 Å². The minimum Gasteiger partial charge on any atom is -0.342 e. The molecule has 2 aliphatic rings. The van der Waals surface area contributed by atoms with Gasteiger partial charge < -0.3 is 10.2 Å². The van der Waals surface area contributed by atoms with Gasteiger partial charge >= 0.3 is 0 Å². The summed E-state index contributed by atoms with van der Waals surface area (Å²) in [5.74, 6) is 0.967. The van der Waals surface area contributed by atoms with Crippen molar-refractivity contribution < 1.29 is 4.79 Å². The van der Waals surface area contributed by atoms with Gasteiger partial charge in [-0.25, -0.2) is 0 Å². The first kappa shape index (κ1) is 14.1. The molecule has 0 aliphatic carbocycles. The van der Waals surface area contributed by atoms with E-state index in [-0.39, 0.29) is 12.4 Å². The summed E-state index contributed by atoms with van der Waals surface area (Å²) in [4.78, 5) is 13.7. The Hall–Kier alpha value is 0.0700. The predicted molar refractivity (Wildman–Crippen MR) is 71.4 cm³/mol. The van der Waals surface area contributed by atoms with Crippen molar-refractivity contribution in [3.05, 3.63) is 0 Å². The molecule has 2 aliphatic heterocycles. The normalized spacial score (nSPS) is 23.2. The van der Waals surface area contributed by atoms with Crippen molar-refractivity contribution in [2.75, 3.05) is 38.2 Å². The Labute approximate surface area is 108 Å². The number of thioether (sulfide) groups is 1. The topological polar surface area (TPSA) is 32.3 Å². The number of piperidine rings is 1. The molecule has 1 spiro atoms. The van der Waals surface area contributed by atoms with E-state index in [2.05, 4.69) is 5.32 Å². The molecule has 94 valence electrons. The van der Waals surface area contributed by atoms with Gasteiger partial charge in [0.1, 0.15) is 0 Å². The van der Waals surface area contributed by atoms with E-state index in [1.807, 2.05) is 11.2 Å². The Morgan fingerprint density at radius 3 is 2.56 bits per heavy atom. The van der Waals surface area contributed by atoms with Gasteiger partial charge in [-0.15, -0.1) is 12.4 Å². The summed E-state index contributed by atoms with van der Waals surface area (Å²) >= 11 is 1.62. The lowest BCUT2D eigenvalue weighted by atomic mass is 9.78. The van der Waals surface area contributed by atoms with Crippen molar-refractivity contribution >= 4 is 30.1 Å². The van der Waals surface area contributed by atoms with Crippen molar-refractivity contribution in [3.8, 4) is 0 Å². The van der Waals surface area contributed by atoms with Gasteiger partial charge in [0.25, 0.3) is 0 Å². The fraction of sp³-hybridized carbons (Fsp3) is 0.909. The van der Waals surface area contributed by atoms with Gasteiger partial charge in [-0.2, -0.15) is 11.8 Å². The van der Waals surface area contributed by atoms with Crippen LogP contribution < -0.4 is 5.32 Å². The van der Waals surface area contributed by atoms with Crippen LogP contribution in [0.4, 0.5) is 0 Å². The zero-order valence-electron chi connectivity index (χ0n) is 9.83. The maximum absolute atomic E-state index is 11.7. The number of nitrogens with zero attached hydrogens (tertiary/aromatic N) is 1. The summed E-state index contributed by atoms with van der Waals surface area (Å²) in [5, 5.41) is 3.44. The molecule has 0 radical (unpaired) electrons. The molecular formula is C11H21ClN2OS. The van der Waals surface area contributed by atoms with Crippen LogP contribution >= 0.6 is 24.2 Å². The summed E-state index contributed by atoms with van der Waals surface area (Å²) in [6.45, 7) is 4.28. The molecule has 0 aromatic carbocycles. The SMILES string of the molecule is CSCC(=O)N1CCC2(CCNC2)CC1.Cl. The monoisotopic (exact) mass is 264 g/mol. The van der Waals surface area contributed by atoms with Gasteiger partial charge in [-0.1, -0.05) is 0 Å². The van der Waals surface area contributed by atoms with Crippen LogP contribution in [-0.4, -0.2) is 49.0 Å². The molecule has 5 heteroatoms. The number of hydrogen-bond acceptors (Lipinski definition) is 3. The van der Waals surface area contributed by atoms with E-state index in [0.29, 0.717) is 17.1 Å². The van der Waals surface area contributed by atoms with E-state index in [1.165, 1.54) is 25.8 Å². The van der Waals surface area contributed by atoms with Crippen LogP contribution in [0.2, 0.25) is 0 Å². The molecule has 0 saturated carbocycles. The fourth-order valence-corrected chi connectivity index (χ4v) is 3.10. The molecule has 1 amide bonds. The van der Waals surface area contributed by atoms with E-state index < -0.39 is 0 Å². The van der Waals surface area contributed by atoms with Crippen molar-refractivity contribution in [2.24, 2.45) is 5.41 Å². The Morgan fingerprint density at radius 2 is 2.06 bits per heavy atom. The Morgan fingerprint density at radius 1 is 1.38 bits per heavy atom. The number of rotatable bonds is 2. The van der Waals surface area contributed by atoms with Crippen LogP contribution in [0.1, 0.15) is 19.3 Å². The third kappa shape index (κ3) is 3.05. The zero-order chi connectivity index (χ0) is 10.7. The second-order valence-corrected chi connectivity index (χ2v) is 5.61. The highest BCUT2D eigenvalue weighted by Gasteiger charge is 2.37. The van der Waals surface area contributed by atoms with Crippen molar-refractivity contribution in [1.29, 1.82) is 0 Å². The van der Waals surface area contributed by atoms with Gasteiger partial charge in [-0.05, 0) is 37.5 Å². The highest BCUT2D eigenvalue weighted by atomic mass is 35.5. The summed E-state index contributed by atoms with van der Waals surface area (Å²) in [5.41, 5.74) is 0.524. The van der Waals surface area contributed by atoms with Gasteiger partial charge in [0.15, 0.2) is 0 Å². The third-order valence-corrected chi connectivity index (χ3v) is 4.31. The number of halogens is 1. The molecule has 0 aromatic rings. The van der Waals surface area contributed by atoms with Gasteiger partial charge in [0, 0.05) is 19.6 Å². The van der Waals surface area contributed by atoms with E-state index in [4.69, 9.17) is 0 Å². The maximum atomic E-state index is 11.7. The first-order chi connectivity index (χ1) is 7.26. The molecule has 2 heterocycles. The fourth-order valence-electron chi connectivity index (χ4n) is 2.67. The first-order valence-electron chi connectivity index (χ1n) is 5.73. The van der Waals surface area contributed by atoms with Gasteiger partial charge in [-0.3, -0.25) is 4.79 Å². The number of carbonyl (C=O) groups is 1. The first-order valence-corrected chi connectivity index (χ1v) is 7.13. The van der Waals surface area contributed by atoms with Crippen molar-refractivity contribution in [1.82, 2.24) is 10.2 Å². The van der Waals surface area contributed by atoms with Crippen LogP contribution in [0.25, 0.3) is 0 Å². The molecule has 2 rings (SSSR count). The second kappa shape index (κ2) is 6.12. The maximum Gasteiger partial charge on any atom is 0.232 e. The van der Waals surface area contributed by atoms with Crippen LogP contribution in [0.3, 0.4) is 0 Å². The van der Waals surface area contributed by atoms with Crippen LogP contribution in [0.5, 0.6) is 0 Å². The van der Waals surface area contributed by atoms with E-state index in [9.17, 15) is 4.79 Å². The molecule has 1 N–H and O–H groups in total. The molecule has 2 fully saturated rings. The summed E-state index contributed by atoms with van der Waals surface area (Å²) in [7, 11) is 0. The average Bonchev–Trinajstić information content (AvgIpc) is 2.68. The summed E-state index contributed by atoms with van der Waals surface area (Å²) < 4.78 is 0. The van der Waals surface area contributed by atoms with Crippen LogP contribution in [0.15, 0.2) is 0 Å². The van der Waals surface area contributed by atoms with E-state index >= 15 is 0 Å². The highest BCUT2D eigenvalue weighted by Crippen LogP contribution is 2.36. The summed E-state index contributed by atoms with van der Waals surface area (Å²) in [6.07, 6.45) is 5.68. The minimum atomic E-state index is 0. The molecular weight excluding hydrogens is 244 g/mol. The number of nitrogens with one attached hydrogen (secondary N) is 1. The molecule has 16 heavy (non-hydrogen) atoms. The van der Waals surface area contributed by atoms with Crippen molar-refractivity contribution in [3.63, 3.8) is 0 Å². The zero-order valence-corrected chi connectivity index (χ0v) is 11.5. The van der Waals surface area contributed by atoms with Gasteiger partial charge in [0.2, 0.25) is 5.91 Å². The lowest BCUT2D eigenvalue weighted by Crippen LogP contribution is -2.44. The number of hydrogen-bond donors (Lipinski definition) is 1. The molecule has 3 nitrogen and oxygen atoms in total. The quantitative estimate of drug-likeness (QED) is 0.818. The molecule has 0 aromatic heterocycles. The van der Waals surface area contributed by atoms with E-state index in [0.717, 1.165) is 19.6 Å². The Balaban J connectivity index is 0.00000128. The standard InChI is InChI=1S/C11H20N2OS.ClH/c1-15-8-10(14)13-6-3-11(4-7-13)2-5-12-9-11;/h12H,2-9H2,1H3;1H. The smallest absolute Gasteiger partial charge is 0.232 e. The third-order valence-electron chi connectivity index (χ3n) is 3.78. The Kier molecular flexibility index (Phi) is 5.41. The lowest BCUT2D eigenvalue weighted by Gasteiger charge is -2.38. The number of likely N-dealkylation sites (tertiary alicyclic amines) is 1. The van der Waals surface area contributed by atoms with Crippen LogP contribution in [0, 0.1) is 5.41 Å². The second-order valence-electron chi connectivity index (χ2n) is 4.74. The van der Waals surface area contributed by atoms with Crippen LogP contribution in [-0.2, 0) is 4.79 Å². The minimum absolute atomic E-state index is 0. The summed E-state index contributed by atoms with van der Waals surface area (Å²) in [6, 6.07) is 0. The molecule has 0 unspecified atom stereocenters. The Bertz CT molecular complexity index is 234.